The number of rotatable bonds is 6. The topological polar surface area (TPSA) is 75.3 Å². The molecule has 0 spiro atoms. The molecule has 0 saturated heterocycles. The van der Waals surface area contributed by atoms with Crippen LogP contribution in [0.25, 0.3) is 0 Å². The van der Waals surface area contributed by atoms with Crippen LogP contribution in [0.2, 0.25) is 0 Å². The molecule has 4 N–H and O–H groups in total. The molecule has 0 aromatic heterocycles. The summed E-state index contributed by atoms with van der Waals surface area (Å²) in [5.41, 5.74) is 8.73. The fourth-order valence-corrected chi connectivity index (χ4v) is 2.18. The molecule has 0 heterocycles. The minimum absolute atomic E-state index is 0.434. The van der Waals surface area contributed by atoms with E-state index in [-0.39, 0.29) is 0 Å². The van der Waals surface area contributed by atoms with Gasteiger partial charge in [-0.3, -0.25) is 4.79 Å². The van der Waals surface area contributed by atoms with Crippen LogP contribution in [0.1, 0.15) is 33.2 Å². The molecule has 0 radical (unpaired) electrons. The van der Waals surface area contributed by atoms with Gasteiger partial charge in [0.25, 0.3) is 0 Å². The van der Waals surface area contributed by atoms with Crippen LogP contribution in [-0.4, -0.2) is 17.6 Å². The summed E-state index contributed by atoms with van der Waals surface area (Å²) in [4.78, 5) is 11.1. The van der Waals surface area contributed by atoms with Crippen molar-refractivity contribution in [3.8, 4) is 0 Å². The molecule has 2 aromatic carbocycles. The molecule has 1 unspecified atom stereocenters. The molecule has 1 atom stereocenters. The highest BCUT2D eigenvalue weighted by molar-refractivity contribution is 5.92. The van der Waals surface area contributed by atoms with Crippen LogP contribution >= 0.6 is 0 Å². The minimum atomic E-state index is -0.552. The van der Waals surface area contributed by atoms with Gasteiger partial charge in [-0.1, -0.05) is 42.0 Å². The highest BCUT2D eigenvalue weighted by atomic mass is 16.3. The fourth-order valence-electron chi connectivity index (χ4n) is 2.18. The van der Waals surface area contributed by atoms with E-state index in [1.807, 2.05) is 37.3 Å². The van der Waals surface area contributed by atoms with E-state index in [2.05, 4.69) is 5.32 Å². The maximum atomic E-state index is 11.1. The molecular formula is C17H20N2O2. The summed E-state index contributed by atoms with van der Waals surface area (Å²) in [6.45, 7) is 3.02. The largest absolute Gasteiger partial charge is 0.387 e. The van der Waals surface area contributed by atoms with Crippen molar-refractivity contribution in [2.24, 2.45) is 5.73 Å². The second kappa shape index (κ2) is 7.02. The Morgan fingerprint density at radius 3 is 2.71 bits per heavy atom. The first-order valence-electron chi connectivity index (χ1n) is 6.90. The molecule has 4 nitrogen and oxygen atoms in total. The van der Waals surface area contributed by atoms with E-state index in [9.17, 15) is 9.90 Å². The van der Waals surface area contributed by atoms with Gasteiger partial charge in [0.05, 0.1) is 6.10 Å². The zero-order chi connectivity index (χ0) is 15.2. The van der Waals surface area contributed by atoms with Crippen LogP contribution in [0.3, 0.4) is 0 Å². The van der Waals surface area contributed by atoms with Gasteiger partial charge in [0, 0.05) is 18.7 Å². The first kappa shape index (κ1) is 15.2. The third kappa shape index (κ3) is 4.41. The van der Waals surface area contributed by atoms with Crippen molar-refractivity contribution in [3.63, 3.8) is 0 Å². The van der Waals surface area contributed by atoms with Crippen molar-refractivity contribution in [2.45, 2.75) is 19.6 Å². The van der Waals surface area contributed by atoms with Gasteiger partial charge in [0.15, 0.2) is 0 Å². The number of benzene rings is 2. The number of aliphatic hydroxyl groups is 1. The number of nitrogens with one attached hydrogen (secondary N) is 1. The number of carbonyl (C=O) groups excluding carboxylic acids is 1. The van der Waals surface area contributed by atoms with Crippen molar-refractivity contribution in [1.82, 2.24) is 5.32 Å². The fraction of sp³-hybridized carbons (Fsp3) is 0.235. The van der Waals surface area contributed by atoms with Crippen molar-refractivity contribution < 1.29 is 9.90 Å². The molecule has 2 aromatic rings. The van der Waals surface area contributed by atoms with Gasteiger partial charge in [-0.15, -0.1) is 0 Å². The van der Waals surface area contributed by atoms with Crippen LogP contribution in [-0.2, 0) is 6.54 Å². The van der Waals surface area contributed by atoms with Gasteiger partial charge in [0.2, 0.25) is 5.91 Å². The van der Waals surface area contributed by atoms with Crippen molar-refractivity contribution in [2.75, 3.05) is 6.54 Å². The number of aliphatic hydroxyl groups excluding tert-OH is 1. The maximum absolute atomic E-state index is 11.1. The number of hydrogen-bond acceptors (Lipinski definition) is 3. The average Bonchev–Trinajstić information content (AvgIpc) is 2.47. The Kier molecular flexibility index (Phi) is 5.09. The summed E-state index contributed by atoms with van der Waals surface area (Å²) < 4.78 is 0. The van der Waals surface area contributed by atoms with E-state index in [0.717, 1.165) is 16.7 Å². The lowest BCUT2D eigenvalue weighted by Crippen LogP contribution is -2.21. The van der Waals surface area contributed by atoms with Gasteiger partial charge in [-0.05, 0) is 30.2 Å². The molecule has 0 fully saturated rings. The van der Waals surface area contributed by atoms with Crippen molar-refractivity contribution in [3.05, 3.63) is 70.8 Å². The van der Waals surface area contributed by atoms with E-state index < -0.39 is 12.0 Å². The van der Waals surface area contributed by atoms with E-state index in [1.165, 1.54) is 0 Å². The third-order valence-corrected chi connectivity index (χ3v) is 3.31. The molecule has 4 heteroatoms. The lowest BCUT2D eigenvalue weighted by Gasteiger charge is -2.13. The molecule has 0 aliphatic rings. The molecule has 0 aliphatic heterocycles. The SMILES string of the molecule is Cc1cccc(C(O)CNCc2cccc(C(N)=O)c2)c1. The maximum Gasteiger partial charge on any atom is 0.248 e. The van der Waals surface area contributed by atoms with Crippen LogP contribution in [0.5, 0.6) is 0 Å². The molecule has 2 rings (SSSR count). The summed E-state index contributed by atoms with van der Waals surface area (Å²) in [7, 11) is 0. The smallest absolute Gasteiger partial charge is 0.248 e. The Morgan fingerprint density at radius 1 is 1.24 bits per heavy atom. The highest BCUT2D eigenvalue weighted by Crippen LogP contribution is 2.13. The summed E-state index contributed by atoms with van der Waals surface area (Å²) in [6.07, 6.45) is -0.552. The normalized spacial score (nSPS) is 12.1. The Balaban J connectivity index is 1.89. The number of primary amides is 1. The molecule has 110 valence electrons. The highest BCUT2D eigenvalue weighted by Gasteiger charge is 2.07. The van der Waals surface area contributed by atoms with Gasteiger partial charge in [-0.2, -0.15) is 0 Å². The van der Waals surface area contributed by atoms with Crippen LogP contribution < -0.4 is 11.1 Å². The zero-order valence-electron chi connectivity index (χ0n) is 12.0. The molecule has 1 amide bonds. The Hall–Kier alpha value is -2.17. The van der Waals surface area contributed by atoms with Crippen LogP contribution in [0.4, 0.5) is 0 Å². The lowest BCUT2D eigenvalue weighted by atomic mass is 10.1. The molecule has 21 heavy (non-hydrogen) atoms. The summed E-state index contributed by atoms with van der Waals surface area (Å²) in [5.74, 6) is -0.434. The van der Waals surface area contributed by atoms with Gasteiger partial charge >= 0.3 is 0 Å². The van der Waals surface area contributed by atoms with Gasteiger partial charge in [0.1, 0.15) is 0 Å². The quantitative estimate of drug-likeness (QED) is 0.758. The third-order valence-electron chi connectivity index (χ3n) is 3.31. The first-order valence-corrected chi connectivity index (χ1v) is 6.90. The van der Waals surface area contributed by atoms with E-state index in [1.54, 1.807) is 18.2 Å². The first-order chi connectivity index (χ1) is 10.1. The second-order valence-corrected chi connectivity index (χ2v) is 5.13. The summed E-state index contributed by atoms with van der Waals surface area (Å²) >= 11 is 0. The molecule has 0 bridgehead atoms. The number of amides is 1. The van der Waals surface area contributed by atoms with Gasteiger partial charge in [-0.25, -0.2) is 0 Å². The number of aryl methyl sites for hydroxylation is 1. The van der Waals surface area contributed by atoms with E-state index >= 15 is 0 Å². The number of carbonyl (C=O) groups is 1. The van der Waals surface area contributed by atoms with Crippen molar-refractivity contribution in [1.29, 1.82) is 0 Å². The van der Waals surface area contributed by atoms with Crippen molar-refractivity contribution >= 4 is 5.91 Å². The average molecular weight is 284 g/mol. The number of hydrogen-bond donors (Lipinski definition) is 3. The predicted octanol–water partition coefficient (Wildman–Crippen LogP) is 1.92. The number of nitrogens with two attached hydrogens (primary N) is 1. The standard InChI is InChI=1S/C17H20N2O2/c1-12-4-2-6-14(8-12)16(20)11-19-10-13-5-3-7-15(9-13)17(18)21/h2-9,16,19-20H,10-11H2,1H3,(H2,18,21). The monoisotopic (exact) mass is 284 g/mol. The second-order valence-electron chi connectivity index (χ2n) is 5.13. The predicted molar refractivity (Wildman–Crippen MR) is 82.8 cm³/mol. The lowest BCUT2D eigenvalue weighted by molar-refractivity contribution is 0.1000. The van der Waals surface area contributed by atoms with Crippen LogP contribution in [0.15, 0.2) is 48.5 Å². The zero-order valence-corrected chi connectivity index (χ0v) is 12.0. The molecule has 0 saturated carbocycles. The summed E-state index contributed by atoms with van der Waals surface area (Å²) in [6, 6.07) is 15.0. The van der Waals surface area contributed by atoms with Crippen LogP contribution in [0, 0.1) is 6.92 Å². The molecule has 0 aliphatic carbocycles. The molecular weight excluding hydrogens is 264 g/mol. The minimum Gasteiger partial charge on any atom is -0.387 e. The Labute approximate surface area is 124 Å². The van der Waals surface area contributed by atoms with E-state index in [0.29, 0.717) is 18.7 Å². The van der Waals surface area contributed by atoms with Gasteiger partial charge < -0.3 is 16.2 Å². The van der Waals surface area contributed by atoms with E-state index in [4.69, 9.17) is 5.73 Å². The Morgan fingerprint density at radius 2 is 2.00 bits per heavy atom. The Bertz CT molecular complexity index is 626. The summed E-state index contributed by atoms with van der Waals surface area (Å²) in [5, 5.41) is 13.3.